The number of hydrogen-bond acceptors (Lipinski definition) is 6. The van der Waals surface area contributed by atoms with Crippen LogP contribution in [-0.4, -0.2) is 41.4 Å². The van der Waals surface area contributed by atoms with Crippen molar-refractivity contribution in [3.8, 4) is 0 Å². The number of nitrogens with one attached hydrogen (secondary N) is 2. The second kappa shape index (κ2) is 10.1. The van der Waals surface area contributed by atoms with Crippen LogP contribution < -0.4 is 10.2 Å². The summed E-state index contributed by atoms with van der Waals surface area (Å²) in [5.41, 5.74) is -0.300. The van der Waals surface area contributed by atoms with E-state index in [0.29, 0.717) is 5.56 Å². The highest BCUT2D eigenvalue weighted by atomic mass is 32.2. The molecule has 1 heterocycles. The van der Waals surface area contributed by atoms with Gasteiger partial charge in [0.25, 0.3) is 5.91 Å². The number of amides is 2. The van der Waals surface area contributed by atoms with Gasteiger partial charge in [-0.25, -0.2) is 0 Å². The summed E-state index contributed by atoms with van der Waals surface area (Å²) in [6.45, 7) is 1.06. The van der Waals surface area contributed by atoms with Gasteiger partial charge in [-0.05, 0) is 49.2 Å². The molecule has 2 aromatic rings. The molecule has 0 aromatic heterocycles. The summed E-state index contributed by atoms with van der Waals surface area (Å²) in [6.07, 6.45) is -4.37. The molecule has 2 aromatic carbocycles. The maximum atomic E-state index is 13.3. The van der Waals surface area contributed by atoms with E-state index in [9.17, 15) is 27.6 Å². The minimum atomic E-state index is -4.62. The maximum Gasteiger partial charge on any atom is 0.416 e. The number of nitrogens with zero attached hydrogens (tertiary/aromatic N) is 1. The molecule has 1 saturated heterocycles. The predicted octanol–water partition coefficient (Wildman–Crippen LogP) is 3.62. The van der Waals surface area contributed by atoms with E-state index in [-0.39, 0.29) is 35.4 Å². The predicted molar refractivity (Wildman–Crippen MR) is 117 cm³/mol. The fraction of sp³-hybridized carbons (Fsp3) is 0.273. The van der Waals surface area contributed by atoms with Gasteiger partial charge in [-0.1, -0.05) is 30.0 Å². The second-order valence-electron chi connectivity index (χ2n) is 7.07. The summed E-state index contributed by atoms with van der Waals surface area (Å²) in [4.78, 5) is 38.2. The van der Waals surface area contributed by atoms with Gasteiger partial charge in [-0.2, -0.15) is 13.2 Å². The number of alkyl halides is 3. The van der Waals surface area contributed by atoms with Crippen LogP contribution in [0.3, 0.4) is 0 Å². The Kier molecular flexibility index (Phi) is 7.42. The van der Waals surface area contributed by atoms with E-state index in [0.717, 1.165) is 34.9 Å². The summed E-state index contributed by atoms with van der Waals surface area (Å²) in [5, 5.41) is 9.47. The average molecular weight is 479 g/mol. The normalized spacial score (nSPS) is 15.8. The molecule has 174 valence electrons. The second-order valence-corrected chi connectivity index (χ2v) is 8.29. The van der Waals surface area contributed by atoms with E-state index < -0.39 is 35.4 Å². The van der Waals surface area contributed by atoms with Crippen LogP contribution in [0, 0.1) is 5.41 Å². The van der Waals surface area contributed by atoms with Crippen molar-refractivity contribution in [2.75, 3.05) is 18.1 Å². The summed E-state index contributed by atoms with van der Waals surface area (Å²) in [5.74, 6) is -1.77. The monoisotopic (exact) mass is 479 g/mol. The molecule has 1 atom stereocenters. The Morgan fingerprint density at radius 3 is 2.55 bits per heavy atom. The number of carbonyl (C=O) groups is 3. The van der Waals surface area contributed by atoms with Crippen molar-refractivity contribution >= 4 is 40.4 Å². The van der Waals surface area contributed by atoms with Crippen molar-refractivity contribution in [2.45, 2.75) is 24.8 Å². The largest absolute Gasteiger partial charge is 0.465 e. The molecule has 0 bridgehead atoms. The molecule has 11 heteroatoms. The van der Waals surface area contributed by atoms with E-state index in [1.54, 1.807) is 19.1 Å². The number of esters is 1. The molecule has 1 aliphatic rings. The van der Waals surface area contributed by atoms with Crippen molar-refractivity contribution in [3.63, 3.8) is 0 Å². The first-order valence-corrected chi connectivity index (χ1v) is 10.8. The molecule has 0 saturated carbocycles. The van der Waals surface area contributed by atoms with Gasteiger partial charge < -0.3 is 10.1 Å². The van der Waals surface area contributed by atoms with Gasteiger partial charge in [0.05, 0.1) is 17.4 Å². The number of thioether (sulfide) groups is 1. The Bertz CT molecular complexity index is 1090. The first-order chi connectivity index (χ1) is 15.6. The maximum absolute atomic E-state index is 13.3. The Balaban J connectivity index is 1.91. The highest BCUT2D eigenvalue weighted by Gasteiger charge is 2.32. The molecule has 7 nitrogen and oxygen atoms in total. The van der Waals surface area contributed by atoms with Crippen LogP contribution in [-0.2, 0) is 26.9 Å². The van der Waals surface area contributed by atoms with E-state index in [2.05, 4.69) is 5.32 Å². The molecule has 0 spiro atoms. The quantitative estimate of drug-likeness (QED) is 0.591. The zero-order chi connectivity index (χ0) is 24.2. The number of halogens is 3. The Morgan fingerprint density at radius 1 is 1.18 bits per heavy atom. The number of rotatable bonds is 7. The van der Waals surface area contributed by atoms with Crippen LogP contribution in [0.15, 0.2) is 48.5 Å². The smallest absolute Gasteiger partial charge is 0.416 e. The van der Waals surface area contributed by atoms with Crippen LogP contribution in [0.2, 0.25) is 0 Å². The zero-order valence-electron chi connectivity index (χ0n) is 17.4. The first kappa shape index (κ1) is 24.3. The van der Waals surface area contributed by atoms with Crippen molar-refractivity contribution in [1.29, 1.82) is 5.41 Å². The highest BCUT2D eigenvalue weighted by molar-refractivity contribution is 8.15. The highest BCUT2D eigenvalue weighted by Crippen LogP contribution is 2.32. The molecule has 1 unspecified atom stereocenters. The standard InChI is InChI=1S/C22H20F3N3O4S/c1-2-32-18(29)12-28(16-8-4-7-15(11-16)22(23,24)25)20(31)14-6-3-5-13(9-14)10-17-19(30)27-21(26)33-17/h3-9,11,17H,2,10,12H2,1H3,(H2,26,27,30). The number of benzene rings is 2. The van der Waals surface area contributed by atoms with E-state index in [1.807, 2.05) is 0 Å². The first-order valence-electron chi connectivity index (χ1n) is 9.88. The molecular weight excluding hydrogens is 459 g/mol. The number of anilines is 1. The van der Waals surface area contributed by atoms with Crippen LogP contribution in [0.1, 0.15) is 28.4 Å². The summed E-state index contributed by atoms with van der Waals surface area (Å²) >= 11 is 1.06. The minimum Gasteiger partial charge on any atom is -0.465 e. The molecule has 2 amide bonds. The van der Waals surface area contributed by atoms with Crippen LogP contribution in [0.25, 0.3) is 0 Å². The van der Waals surface area contributed by atoms with Gasteiger partial charge in [0.2, 0.25) is 5.91 Å². The van der Waals surface area contributed by atoms with Gasteiger partial charge in [0, 0.05) is 11.3 Å². The fourth-order valence-corrected chi connectivity index (χ4v) is 4.11. The lowest BCUT2D eigenvalue weighted by Gasteiger charge is -2.23. The molecule has 1 fully saturated rings. The molecule has 1 aliphatic heterocycles. The van der Waals surface area contributed by atoms with Crippen LogP contribution >= 0.6 is 11.8 Å². The molecule has 2 N–H and O–H groups in total. The Labute approximate surface area is 191 Å². The number of carbonyl (C=O) groups excluding carboxylic acids is 3. The Hall–Kier alpha value is -3.34. The van der Waals surface area contributed by atoms with Crippen molar-refractivity contribution < 1.29 is 32.3 Å². The fourth-order valence-electron chi connectivity index (χ4n) is 3.22. The van der Waals surface area contributed by atoms with Gasteiger partial charge >= 0.3 is 12.1 Å². The van der Waals surface area contributed by atoms with Crippen LogP contribution in [0.5, 0.6) is 0 Å². The topological polar surface area (TPSA) is 99.6 Å². The van der Waals surface area contributed by atoms with Gasteiger partial charge in [-0.3, -0.25) is 24.7 Å². The van der Waals surface area contributed by atoms with E-state index in [1.165, 1.54) is 18.2 Å². The van der Waals surface area contributed by atoms with E-state index in [4.69, 9.17) is 10.1 Å². The lowest BCUT2D eigenvalue weighted by Crippen LogP contribution is -2.37. The number of amidine groups is 1. The molecule has 33 heavy (non-hydrogen) atoms. The van der Waals surface area contributed by atoms with Crippen molar-refractivity contribution in [3.05, 3.63) is 65.2 Å². The third-order valence-corrected chi connectivity index (χ3v) is 5.71. The van der Waals surface area contributed by atoms with Crippen molar-refractivity contribution in [2.24, 2.45) is 0 Å². The van der Waals surface area contributed by atoms with E-state index >= 15 is 0 Å². The molecular formula is C22H20F3N3O4S. The van der Waals surface area contributed by atoms with Gasteiger partial charge in [-0.15, -0.1) is 0 Å². The minimum absolute atomic E-state index is 0.0439. The Morgan fingerprint density at radius 2 is 1.91 bits per heavy atom. The van der Waals surface area contributed by atoms with Crippen molar-refractivity contribution in [1.82, 2.24) is 5.32 Å². The lowest BCUT2D eigenvalue weighted by atomic mass is 10.0. The summed E-state index contributed by atoms with van der Waals surface area (Å²) in [6, 6.07) is 10.4. The average Bonchev–Trinajstić information content (AvgIpc) is 3.08. The van der Waals surface area contributed by atoms with Gasteiger partial charge in [0.1, 0.15) is 6.54 Å². The third-order valence-electron chi connectivity index (χ3n) is 4.71. The molecule has 3 rings (SSSR count). The summed E-state index contributed by atoms with van der Waals surface area (Å²) < 4.78 is 44.5. The van der Waals surface area contributed by atoms with Gasteiger partial charge in [0.15, 0.2) is 5.17 Å². The SMILES string of the molecule is CCOC(=O)CN(C(=O)c1cccc(CC2SC(=N)NC2=O)c1)c1cccc(C(F)(F)F)c1. The van der Waals surface area contributed by atoms with Crippen LogP contribution in [0.4, 0.5) is 18.9 Å². The number of ether oxygens (including phenoxy) is 1. The lowest BCUT2D eigenvalue weighted by molar-refractivity contribution is -0.141. The number of hydrogen-bond donors (Lipinski definition) is 2. The zero-order valence-corrected chi connectivity index (χ0v) is 18.3. The molecule has 0 radical (unpaired) electrons. The molecule has 0 aliphatic carbocycles. The third kappa shape index (κ3) is 6.13. The summed E-state index contributed by atoms with van der Waals surface area (Å²) in [7, 11) is 0.